The lowest BCUT2D eigenvalue weighted by molar-refractivity contribution is 0.164. The average Bonchev–Trinajstić information content (AvgIpc) is 2.26. The van der Waals surface area contributed by atoms with Gasteiger partial charge in [0.25, 0.3) is 0 Å². The first-order valence-corrected chi connectivity index (χ1v) is 5.94. The van der Waals surface area contributed by atoms with E-state index in [-0.39, 0.29) is 18.2 Å². The molecule has 96 valence electrons. The Kier molecular flexibility index (Phi) is 5.67. The first kappa shape index (κ1) is 14.7. The maximum absolute atomic E-state index is 13.6. The van der Waals surface area contributed by atoms with Crippen molar-refractivity contribution < 1.29 is 4.39 Å². The Morgan fingerprint density at radius 3 is 2.94 bits per heavy atom. The predicted octanol–water partition coefficient (Wildman–Crippen LogP) is 2.69. The molecule has 2 nitrogen and oxygen atoms in total. The van der Waals surface area contributed by atoms with Gasteiger partial charge in [0, 0.05) is 42.8 Å². The summed E-state index contributed by atoms with van der Waals surface area (Å²) in [4.78, 5) is 2.25. The summed E-state index contributed by atoms with van der Waals surface area (Å²) < 4.78 is 13.6. The van der Waals surface area contributed by atoms with Gasteiger partial charge in [-0.2, -0.15) is 0 Å². The second-order valence-electron chi connectivity index (χ2n) is 4.22. The molecule has 0 amide bonds. The van der Waals surface area contributed by atoms with Crippen molar-refractivity contribution >= 4 is 24.0 Å². The normalized spacial score (nSPS) is 21.0. The Balaban J connectivity index is 0.00000144. The van der Waals surface area contributed by atoms with Gasteiger partial charge in [-0.25, -0.2) is 4.39 Å². The van der Waals surface area contributed by atoms with Crippen LogP contribution < -0.4 is 5.32 Å². The minimum absolute atomic E-state index is 0. The van der Waals surface area contributed by atoms with Crippen LogP contribution in [0.25, 0.3) is 0 Å². The molecule has 17 heavy (non-hydrogen) atoms. The van der Waals surface area contributed by atoms with E-state index in [0.717, 1.165) is 19.6 Å². The Bertz CT molecular complexity index is 353. The molecule has 0 unspecified atom stereocenters. The third kappa shape index (κ3) is 3.55. The van der Waals surface area contributed by atoms with E-state index < -0.39 is 0 Å². The largest absolute Gasteiger partial charge is 0.314 e. The standard InChI is InChI=1S/C12H16ClFN2.ClH/c1-9-7-15-5-6-16(9)8-10-11(13)3-2-4-12(10)14;/h2-4,9,15H,5-8H2,1H3;1H/t9-;/m1./s1. The maximum atomic E-state index is 13.6. The molecule has 2 rings (SSSR count). The van der Waals surface area contributed by atoms with E-state index in [1.54, 1.807) is 12.1 Å². The Labute approximate surface area is 113 Å². The zero-order valence-corrected chi connectivity index (χ0v) is 11.3. The fourth-order valence-corrected chi connectivity index (χ4v) is 2.23. The third-order valence-electron chi connectivity index (χ3n) is 3.06. The summed E-state index contributed by atoms with van der Waals surface area (Å²) >= 11 is 6.01. The molecule has 0 bridgehead atoms. The Morgan fingerprint density at radius 1 is 1.53 bits per heavy atom. The minimum atomic E-state index is -0.210. The molecule has 1 aromatic rings. The van der Waals surface area contributed by atoms with Crippen LogP contribution in [0.3, 0.4) is 0 Å². The second-order valence-corrected chi connectivity index (χ2v) is 4.63. The highest BCUT2D eigenvalue weighted by Gasteiger charge is 2.20. The highest BCUT2D eigenvalue weighted by Crippen LogP contribution is 2.21. The molecule has 0 aliphatic carbocycles. The molecule has 1 saturated heterocycles. The van der Waals surface area contributed by atoms with Gasteiger partial charge in [0.15, 0.2) is 0 Å². The number of rotatable bonds is 2. The van der Waals surface area contributed by atoms with Gasteiger partial charge in [-0.15, -0.1) is 12.4 Å². The van der Waals surface area contributed by atoms with Gasteiger partial charge < -0.3 is 5.32 Å². The van der Waals surface area contributed by atoms with E-state index in [0.29, 0.717) is 23.2 Å². The van der Waals surface area contributed by atoms with Crippen molar-refractivity contribution in [2.75, 3.05) is 19.6 Å². The van der Waals surface area contributed by atoms with Gasteiger partial charge in [0.05, 0.1) is 0 Å². The fourth-order valence-electron chi connectivity index (χ4n) is 2.00. The number of piperazine rings is 1. The lowest BCUT2D eigenvalue weighted by atomic mass is 10.1. The van der Waals surface area contributed by atoms with Gasteiger partial charge in [0.1, 0.15) is 5.82 Å². The summed E-state index contributed by atoms with van der Waals surface area (Å²) in [5.74, 6) is -0.210. The molecule has 1 aliphatic heterocycles. The van der Waals surface area contributed by atoms with Gasteiger partial charge >= 0.3 is 0 Å². The molecule has 1 atom stereocenters. The smallest absolute Gasteiger partial charge is 0.129 e. The lowest BCUT2D eigenvalue weighted by Crippen LogP contribution is -2.49. The average molecular weight is 279 g/mol. The molecule has 5 heteroatoms. The van der Waals surface area contributed by atoms with E-state index in [2.05, 4.69) is 17.1 Å². The molecule has 0 spiro atoms. The number of halogens is 3. The molecule has 0 saturated carbocycles. The fraction of sp³-hybridized carbons (Fsp3) is 0.500. The quantitative estimate of drug-likeness (QED) is 0.895. The van der Waals surface area contributed by atoms with Crippen LogP contribution >= 0.6 is 24.0 Å². The Hall–Kier alpha value is -0.350. The van der Waals surface area contributed by atoms with Crippen molar-refractivity contribution in [1.29, 1.82) is 0 Å². The summed E-state index contributed by atoms with van der Waals surface area (Å²) in [5.41, 5.74) is 0.609. The van der Waals surface area contributed by atoms with Gasteiger partial charge in [-0.05, 0) is 19.1 Å². The van der Waals surface area contributed by atoms with Crippen LogP contribution in [0.15, 0.2) is 18.2 Å². The maximum Gasteiger partial charge on any atom is 0.129 e. The molecule has 1 fully saturated rings. The van der Waals surface area contributed by atoms with E-state index in [1.807, 2.05) is 0 Å². The molecule has 0 radical (unpaired) electrons. The van der Waals surface area contributed by atoms with Gasteiger partial charge in [0.2, 0.25) is 0 Å². The van der Waals surface area contributed by atoms with Gasteiger partial charge in [-0.3, -0.25) is 4.90 Å². The number of hydrogen-bond acceptors (Lipinski definition) is 2. The van der Waals surface area contributed by atoms with Crippen molar-refractivity contribution in [3.8, 4) is 0 Å². The zero-order chi connectivity index (χ0) is 11.5. The molecular formula is C12H17Cl2FN2. The number of nitrogens with one attached hydrogen (secondary N) is 1. The van der Waals surface area contributed by atoms with Crippen molar-refractivity contribution in [1.82, 2.24) is 10.2 Å². The van der Waals surface area contributed by atoms with Crippen LogP contribution in [-0.4, -0.2) is 30.6 Å². The van der Waals surface area contributed by atoms with E-state index in [9.17, 15) is 4.39 Å². The summed E-state index contributed by atoms with van der Waals surface area (Å²) in [6.07, 6.45) is 0. The summed E-state index contributed by atoms with van der Waals surface area (Å²) in [6, 6.07) is 5.27. The molecule has 1 aliphatic rings. The lowest BCUT2D eigenvalue weighted by Gasteiger charge is -2.34. The zero-order valence-electron chi connectivity index (χ0n) is 9.75. The predicted molar refractivity (Wildman–Crippen MR) is 71.4 cm³/mol. The van der Waals surface area contributed by atoms with Crippen LogP contribution in [0.4, 0.5) is 4.39 Å². The number of hydrogen-bond donors (Lipinski definition) is 1. The topological polar surface area (TPSA) is 15.3 Å². The highest BCUT2D eigenvalue weighted by atomic mass is 35.5. The van der Waals surface area contributed by atoms with E-state index in [4.69, 9.17) is 11.6 Å². The van der Waals surface area contributed by atoms with Crippen molar-refractivity contribution in [3.63, 3.8) is 0 Å². The summed E-state index contributed by atoms with van der Waals surface area (Å²) in [6.45, 7) is 5.57. The van der Waals surface area contributed by atoms with Crippen molar-refractivity contribution in [3.05, 3.63) is 34.6 Å². The monoisotopic (exact) mass is 278 g/mol. The minimum Gasteiger partial charge on any atom is -0.314 e. The molecule has 1 heterocycles. The first-order chi connectivity index (χ1) is 7.68. The van der Waals surface area contributed by atoms with Crippen LogP contribution in [0, 0.1) is 5.82 Å². The van der Waals surface area contributed by atoms with Crippen LogP contribution in [0.1, 0.15) is 12.5 Å². The Morgan fingerprint density at radius 2 is 2.29 bits per heavy atom. The molecular weight excluding hydrogens is 262 g/mol. The van der Waals surface area contributed by atoms with Crippen LogP contribution in [-0.2, 0) is 6.54 Å². The molecule has 1 aromatic carbocycles. The van der Waals surface area contributed by atoms with Crippen LogP contribution in [0.2, 0.25) is 5.02 Å². The number of benzene rings is 1. The second kappa shape index (κ2) is 6.55. The summed E-state index contributed by atoms with van der Waals surface area (Å²) in [7, 11) is 0. The SMILES string of the molecule is C[C@@H]1CNCCN1Cc1c(F)cccc1Cl.Cl. The first-order valence-electron chi connectivity index (χ1n) is 5.56. The van der Waals surface area contributed by atoms with Gasteiger partial charge in [-0.1, -0.05) is 17.7 Å². The number of nitrogens with zero attached hydrogens (tertiary/aromatic N) is 1. The van der Waals surface area contributed by atoms with E-state index >= 15 is 0 Å². The summed E-state index contributed by atoms with van der Waals surface area (Å²) in [5, 5.41) is 3.83. The third-order valence-corrected chi connectivity index (χ3v) is 3.42. The van der Waals surface area contributed by atoms with Crippen molar-refractivity contribution in [2.24, 2.45) is 0 Å². The molecule has 0 aromatic heterocycles. The molecule has 1 N–H and O–H groups in total. The highest BCUT2D eigenvalue weighted by molar-refractivity contribution is 6.31. The van der Waals surface area contributed by atoms with Crippen molar-refractivity contribution in [2.45, 2.75) is 19.5 Å². The van der Waals surface area contributed by atoms with E-state index in [1.165, 1.54) is 6.07 Å². The van der Waals surface area contributed by atoms with Crippen LogP contribution in [0.5, 0.6) is 0 Å².